The predicted molar refractivity (Wildman–Crippen MR) is 94.6 cm³/mol. The number of aromatic nitrogens is 2. The first-order chi connectivity index (χ1) is 12.1. The molecule has 0 spiro atoms. The zero-order valence-corrected chi connectivity index (χ0v) is 14.9. The van der Waals surface area contributed by atoms with Gasteiger partial charge in [-0.05, 0) is 11.4 Å². The molecule has 1 atom stereocenters. The summed E-state index contributed by atoms with van der Waals surface area (Å²) in [6.07, 6.45) is 5.00. The molecule has 2 amide bonds. The summed E-state index contributed by atoms with van der Waals surface area (Å²) in [5, 5.41) is 4.89. The third kappa shape index (κ3) is 4.61. The molecule has 1 aliphatic heterocycles. The molecule has 1 aliphatic rings. The molecule has 2 aromatic heterocycles. The normalized spacial score (nSPS) is 18.0. The molecule has 0 aliphatic carbocycles. The van der Waals surface area contributed by atoms with Crippen molar-refractivity contribution in [3.05, 3.63) is 46.7 Å². The summed E-state index contributed by atoms with van der Waals surface area (Å²) in [7, 11) is 1.72. The lowest BCUT2D eigenvalue weighted by molar-refractivity contribution is -0.138. The predicted octanol–water partition coefficient (Wildman–Crippen LogP) is 0.887. The molecule has 1 N–H and O–H groups in total. The molecular formula is C17H21N5O2S. The summed E-state index contributed by atoms with van der Waals surface area (Å²) in [4.78, 5) is 37.9. The van der Waals surface area contributed by atoms with Gasteiger partial charge in [-0.1, -0.05) is 6.07 Å². The number of hydrogen-bond acceptors (Lipinski definition) is 6. The maximum absolute atomic E-state index is 12.6. The second-order valence-corrected chi connectivity index (χ2v) is 7.04. The highest BCUT2D eigenvalue weighted by Gasteiger charge is 2.32. The summed E-state index contributed by atoms with van der Waals surface area (Å²) < 4.78 is 0. The molecule has 0 aromatic carbocycles. The van der Waals surface area contributed by atoms with Gasteiger partial charge in [0.1, 0.15) is 0 Å². The largest absolute Gasteiger partial charge is 0.353 e. The highest BCUT2D eigenvalue weighted by Crippen LogP contribution is 2.18. The SMILES string of the molecule is CN(Cc1cnccn1)C(=O)CC1C(=O)NCCN1Cc1cccs1. The Bertz CT molecular complexity index is 707. The minimum Gasteiger partial charge on any atom is -0.353 e. The van der Waals surface area contributed by atoms with Gasteiger partial charge in [0.05, 0.1) is 30.9 Å². The Morgan fingerprint density at radius 1 is 1.48 bits per heavy atom. The van der Waals surface area contributed by atoms with Gasteiger partial charge in [-0.15, -0.1) is 11.3 Å². The van der Waals surface area contributed by atoms with Crippen molar-refractivity contribution in [3.8, 4) is 0 Å². The first-order valence-electron chi connectivity index (χ1n) is 8.16. The Hall–Kier alpha value is -2.32. The molecule has 8 heteroatoms. The summed E-state index contributed by atoms with van der Waals surface area (Å²) in [5.41, 5.74) is 0.724. The van der Waals surface area contributed by atoms with Gasteiger partial charge in [0.25, 0.3) is 0 Å². The molecule has 0 bridgehead atoms. The number of amides is 2. The van der Waals surface area contributed by atoms with Gasteiger partial charge in [-0.25, -0.2) is 0 Å². The van der Waals surface area contributed by atoms with E-state index in [-0.39, 0.29) is 18.2 Å². The molecule has 132 valence electrons. The van der Waals surface area contributed by atoms with E-state index in [9.17, 15) is 9.59 Å². The number of rotatable bonds is 6. The van der Waals surface area contributed by atoms with Gasteiger partial charge in [-0.3, -0.25) is 24.5 Å². The zero-order valence-electron chi connectivity index (χ0n) is 14.1. The Labute approximate surface area is 150 Å². The molecule has 0 radical (unpaired) electrons. The van der Waals surface area contributed by atoms with Crippen molar-refractivity contribution in [1.82, 2.24) is 25.1 Å². The first-order valence-corrected chi connectivity index (χ1v) is 9.04. The van der Waals surface area contributed by atoms with Crippen LogP contribution < -0.4 is 5.32 Å². The van der Waals surface area contributed by atoms with Crippen molar-refractivity contribution in [3.63, 3.8) is 0 Å². The molecule has 1 saturated heterocycles. The monoisotopic (exact) mass is 359 g/mol. The lowest BCUT2D eigenvalue weighted by atomic mass is 10.1. The highest BCUT2D eigenvalue weighted by atomic mass is 32.1. The Morgan fingerprint density at radius 3 is 3.08 bits per heavy atom. The fraction of sp³-hybridized carbons (Fsp3) is 0.412. The van der Waals surface area contributed by atoms with E-state index >= 15 is 0 Å². The lowest BCUT2D eigenvalue weighted by Gasteiger charge is -2.35. The number of carbonyl (C=O) groups excluding carboxylic acids is 2. The third-order valence-electron chi connectivity index (χ3n) is 4.19. The van der Waals surface area contributed by atoms with E-state index in [4.69, 9.17) is 0 Å². The number of thiophene rings is 1. The highest BCUT2D eigenvalue weighted by molar-refractivity contribution is 7.09. The first kappa shape index (κ1) is 17.5. The lowest BCUT2D eigenvalue weighted by Crippen LogP contribution is -2.56. The number of nitrogens with one attached hydrogen (secondary N) is 1. The van der Waals surface area contributed by atoms with E-state index in [1.807, 2.05) is 11.4 Å². The number of hydrogen-bond donors (Lipinski definition) is 1. The van der Waals surface area contributed by atoms with Crippen LogP contribution in [0.3, 0.4) is 0 Å². The second-order valence-electron chi connectivity index (χ2n) is 6.01. The fourth-order valence-corrected chi connectivity index (χ4v) is 3.57. The van der Waals surface area contributed by atoms with Crippen LogP contribution in [-0.2, 0) is 22.7 Å². The van der Waals surface area contributed by atoms with Crippen LogP contribution in [0, 0.1) is 0 Å². The standard InChI is InChI=1S/C17H21N5O2S/c1-21(11-13-10-18-4-5-19-13)16(23)9-15-17(24)20-6-7-22(15)12-14-3-2-8-25-14/h2-5,8,10,15H,6-7,9,11-12H2,1H3,(H,20,24). The van der Waals surface area contributed by atoms with E-state index in [1.54, 1.807) is 41.9 Å². The van der Waals surface area contributed by atoms with E-state index in [0.717, 1.165) is 12.2 Å². The van der Waals surface area contributed by atoms with Crippen LogP contribution in [0.15, 0.2) is 36.1 Å². The van der Waals surface area contributed by atoms with Gasteiger partial charge >= 0.3 is 0 Å². The van der Waals surface area contributed by atoms with Crippen LogP contribution in [0.5, 0.6) is 0 Å². The van der Waals surface area contributed by atoms with Crippen molar-refractivity contribution < 1.29 is 9.59 Å². The number of carbonyl (C=O) groups is 2. The maximum Gasteiger partial charge on any atom is 0.237 e. The van der Waals surface area contributed by atoms with Gasteiger partial charge in [0.2, 0.25) is 11.8 Å². The molecule has 2 aromatic rings. The summed E-state index contributed by atoms with van der Waals surface area (Å²) in [6, 6.07) is 3.61. The van der Waals surface area contributed by atoms with Crippen LogP contribution in [0.2, 0.25) is 0 Å². The molecule has 25 heavy (non-hydrogen) atoms. The van der Waals surface area contributed by atoms with Gasteiger partial charge < -0.3 is 10.2 Å². The van der Waals surface area contributed by atoms with Gasteiger partial charge in [-0.2, -0.15) is 0 Å². The number of nitrogens with zero attached hydrogens (tertiary/aromatic N) is 4. The van der Waals surface area contributed by atoms with E-state index in [0.29, 0.717) is 19.6 Å². The maximum atomic E-state index is 12.6. The molecule has 0 saturated carbocycles. The van der Waals surface area contributed by atoms with Crippen LogP contribution in [-0.4, -0.2) is 57.8 Å². The molecule has 7 nitrogen and oxygen atoms in total. The molecular weight excluding hydrogens is 338 g/mol. The number of piperazine rings is 1. The molecule has 3 rings (SSSR count). The topological polar surface area (TPSA) is 78.4 Å². The van der Waals surface area contributed by atoms with Gasteiger partial charge in [0, 0.05) is 44.0 Å². The van der Waals surface area contributed by atoms with Crippen molar-refractivity contribution in [2.24, 2.45) is 0 Å². The Morgan fingerprint density at radius 2 is 2.36 bits per heavy atom. The van der Waals surface area contributed by atoms with E-state index < -0.39 is 6.04 Å². The average molecular weight is 359 g/mol. The molecule has 1 fully saturated rings. The van der Waals surface area contributed by atoms with Crippen molar-refractivity contribution in [2.45, 2.75) is 25.6 Å². The summed E-state index contributed by atoms with van der Waals surface area (Å²) in [6.45, 7) is 2.43. The zero-order chi connectivity index (χ0) is 17.6. The molecule has 1 unspecified atom stereocenters. The minimum absolute atomic E-state index is 0.0796. The van der Waals surface area contributed by atoms with E-state index in [2.05, 4.69) is 26.3 Å². The van der Waals surface area contributed by atoms with Crippen LogP contribution in [0.4, 0.5) is 0 Å². The van der Waals surface area contributed by atoms with Crippen LogP contribution in [0.25, 0.3) is 0 Å². The van der Waals surface area contributed by atoms with Crippen LogP contribution >= 0.6 is 11.3 Å². The van der Waals surface area contributed by atoms with Gasteiger partial charge in [0.15, 0.2) is 0 Å². The molecule has 3 heterocycles. The van der Waals surface area contributed by atoms with E-state index in [1.165, 1.54) is 4.88 Å². The fourth-order valence-electron chi connectivity index (χ4n) is 2.84. The third-order valence-corrected chi connectivity index (χ3v) is 5.05. The Kier molecular flexibility index (Phi) is 5.72. The van der Waals surface area contributed by atoms with Crippen molar-refractivity contribution in [1.29, 1.82) is 0 Å². The average Bonchev–Trinajstić information content (AvgIpc) is 3.12. The minimum atomic E-state index is -0.437. The smallest absolute Gasteiger partial charge is 0.237 e. The quantitative estimate of drug-likeness (QED) is 0.829. The van der Waals surface area contributed by atoms with Crippen molar-refractivity contribution in [2.75, 3.05) is 20.1 Å². The summed E-state index contributed by atoms with van der Waals surface area (Å²) in [5.74, 6) is -0.159. The van der Waals surface area contributed by atoms with Crippen LogP contribution in [0.1, 0.15) is 17.0 Å². The summed E-state index contributed by atoms with van der Waals surface area (Å²) >= 11 is 1.66. The second kappa shape index (κ2) is 8.17. The Balaban J connectivity index is 1.63. The van der Waals surface area contributed by atoms with Crippen molar-refractivity contribution >= 4 is 23.2 Å².